The summed E-state index contributed by atoms with van der Waals surface area (Å²) in [6.07, 6.45) is 3.17. The minimum absolute atomic E-state index is 0.0612. The van der Waals surface area contributed by atoms with E-state index in [4.69, 9.17) is 4.74 Å². The van der Waals surface area contributed by atoms with E-state index in [1.165, 1.54) is 11.3 Å². The fraction of sp³-hybridized carbons (Fsp3) is 0.400. The number of nitrogens with one attached hydrogen (secondary N) is 2. The first-order valence-corrected chi connectivity index (χ1v) is 15.8. The maximum Gasteiger partial charge on any atom is 0.411 e. The molecule has 3 amide bonds. The van der Waals surface area contributed by atoms with Gasteiger partial charge >= 0.3 is 6.09 Å². The van der Waals surface area contributed by atoms with Gasteiger partial charge in [0.25, 0.3) is 5.91 Å². The summed E-state index contributed by atoms with van der Waals surface area (Å²) in [5.74, 6) is 0.172. The molecule has 9 nitrogen and oxygen atoms in total. The van der Waals surface area contributed by atoms with Gasteiger partial charge in [0, 0.05) is 41.4 Å². The molecule has 214 valence electrons. The number of rotatable bonds is 7. The zero-order chi connectivity index (χ0) is 28.4. The van der Waals surface area contributed by atoms with Crippen LogP contribution in [0, 0.1) is 0 Å². The molecule has 0 unspecified atom stereocenters. The summed E-state index contributed by atoms with van der Waals surface area (Å²) in [6.45, 7) is 1.85. The van der Waals surface area contributed by atoms with E-state index < -0.39 is 17.0 Å². The topological polar surface area (TPSA) is 104 Å². The molecule has 3 fully saturated rings. The first-order chi connectivity index (χ1) is 19.9. The van der Waals surface area contributed by atoms with Crippen LogP contribution in [0.4, 0.5) is 9.93 Å². The van der Waals surface area contributed by atoms with Gasteiger partial charge < -0.3 is 20.3 Å². The molecular weight excluding hydrogens is 558 g/mol. The number of nitrogens with zero attached hydrogens (tertiary/aromatic N) is 3. The molecule has 6 rings (SSSR count). The number of likely N-dealkylation sites (tertiary alicyclic amines) is 1. The van der Waals surface area contributed by atoms with Crippen molar-refractivity contribution in [3.8, 4) is 11.3 Å². The number of aromatic nitrogens is 1. The lowest BCUT2D eigenvalue weighted by atomic mass is 10.0. The number of piperidine rings is 1. The molecule has 0 radical (unpaired) electrons. The number of benzene rings is 2. The van der Waals surface area contributed by atoms with Crippen molar-refractivity contribution >= 4 is 46.1 Å². The maximum absolute atomic E-state index is 13.6. The SMILES string of the molecule is CN1CCC2(CC1)SC[C@@H](C(=O)Nc1nc(-c3ccc(C(=O)NC4CC4)cc3)cs1)N2C(=O)OCc1ccccc1. The van der Waals surface area contributed by atoms with Gasteiger partial charge in [-0.05, 0) is 50.4 Å². The van der Waals surface area contributed by atoms with Gasteiger partial charge in [-0.2, -0.15) is 0 Å². The van der Waals surface area contributed by atoms with Crippen molar-refractivity contribution in [1.82, 2.24) is 20.1 Å². The highest BCUT2D eigenvalue weighted by molar-refractivity contribution is 8.01. The minimum atomic E-state index is -0.664. The molecule has 1 saturated carbocycles. The second-order valence-corrected chi connectivity index (χ2v) is 13.1. The van der Waals surface area contributed by atoms with Crippen molar-refractivity contribution < 1.29 is 19.1 Å². The Kier molecular flexibility index (Phi) is 8.01. The molecule has 11 heteroatoms. The van der Waals surface area contributed by atoms with Crippen molar-refractivity contribution in [2.24, 2.45) is 0 Å². The van der Waals surface area contributed by atoms with Gasteiger partial charge in [-0.15, -0.1) is 23.1 Å². The minimum Gasteiger partial charge on any atom is -0.444 e. The van der Waals surface area contributed by atoms with Crippen molar-refractivity contribution in [3.63, 3.8) is 0 Å². The lowest BCUT2D eigenvalue weighted by molar-refractivity contribution is -0.121. The predicted octanol–water partition coefficient (Wildman–Crippen LogP) is 4.82. The number of amides is 3. The Morgan fingerprint density at radius 2 is 1.78 bits per heavy atom. The van der Waals surface area contributed by atoms with Crippen LogP contribution in [-0.2, 0) is 16.1 Å². The number of carbonyl (C=O) groups excluding carboxylic acids is 3. The smallest absolute Gasteiger partial charge is 0.411 e. The first-order valence-electron chi connectivity index (χ1n) is 13.9. The van der Waals surface area contributed by atoms with Crippen LogP contribution in [0.25, 0.3) is 11.3 Å². The molecule has 1 spiro atoms. The number of thiazole rings is 1. The Hall–Kier alpha value is -3.41. The summed E-state index contributed by atoms with van der Waals surface area (Å²) in [7, 11) is 2.07. The van der Waals surface area contributed by atoms with Crippen LogP contribution in [0.1, 0.15) is 41.6 Å². The molecule has 0 bridgehead atoms. The number of carbonyl (C=O) groups is 3. The van der Waals surface area contributed by atoms with Crippen LogP contribution in [0.5, 0.6) is 0 Å². The average Bonchev–Trinajstić information content (AvgIpc) is 3.55. The third-order valence-corrected chi connectivity index (χ3v) is 10.2. The summed E-state index contributed by atoms with van der Waals surface area (Å²) in [5, 5.41) is 8.29. The molecule has 3 aromatic rings. The zero-order valence-corrected chi connectivity index (χ0v) is 24.5. The molecule has 1 aliphatic carbocycles. The van der Waals surface area contributed by atoms with Crippen molar-refractivity contribution in [1.29, 1.82) is 0 Å². The van der Waals surface area contributed by atoms with E-state index in [1.54, 1.807) is 28.8 Å². The highest BCUT2D eigenvalue weighted by Gasteiger charge is 2.53. The van der Waals surface area contributed by atoms with Crippen LogP contribution >= 0.6 is 23.1 Å². The second-order valence-electron chi connectivity index (χ2n) is 10.8. The molecule has 2 saturated heterocycles. The second kappa shape index (κ2) is 11.8. The van der Waals surface area contributed by atoms with Gasteiger partial charge in [-0.25, -0.2) is 9.78 Å². The highest BCUT2D eigenvalue weighted by Crippen LogP contribution is 2.47. The summed E-state index contributed by atoms with van der Waals surface area (Å²) in [4.78, 5) is 47.5. The number of hydrogen-bond acceptors (Lipinski definition) is 8. The molecule has 2 aliphatic heterocycles. The molecular formula is C30H33N5O4S2. The molecule has 3 heterocycles. The van der Waals surface area contributed by atoms with E-state index in [0.29, 0.717) is 28.2 Å². The van der Waals surface area contributed by atoms with Crippen molar-refractivity contribution in [3.05, 3.63) is 71.1 Å². The van der Waals surface area contributed by atoms with Crippen molar-refractivity contribution in [2.45, 2.75) is 49.2 Å². The zero-order valence-electron chi connectivity index (χ0n) is 22.9. The highest BCUT2D eigenvalue weighted by atomic mass is 32.2. The summed E-state index contributed by atoms with van der Waals surface area (Å²) in [5.41, 5.74) is 3.09. The molecule has 2 aromatic carbocycles. The molecule has 1 atom stereocenters. The lowest BCUT2D eigenvalue weighted by Gasteiger charge is -2.43. The van der Waals surface area contributed by atoms with E-state index in [-0.39, 0.29) is 18.4 Å². The van der Waals surface area contributed by atoms with Gasteiger partial charge in [0.05, 0.1) is 10.6 Å². The maximum atomic E-state index is 13.6. The molecule has 1 aromatic heterocycles. The van der Waals surface area contributed by atoms with Crippen LogP contribution in [-0.4, -0.2) is 75.5 Å². The standard InChI is InChI=1S/C30H33N5O4S2/c1-34-15-13-30(14-16-34)35(29(38)39-17-20-5-3-2-4-6-20)25(19-41-30)27(37)33-28-32-24(18-40-28)21-7-9-22(10-8-21)26(36)31-23-11-12-23/h2-10,18,23,25H,11-17,19H2,1H3,(H,31,36)(H,32,33,37)/t25-/m0/s1. The van der Waals surface area contributed by atoms with Crippen LogP contribution in [0.3, 0.4) is 0 Å². The van der Waals surface area contributed by atoms with E-state index in [1.807, 2.05) is 47.8 Å². The normalized spacial score (nSPS) is 20.1. The first kappa shape index (κ1) is 27.7. The summed E-state index contributed by atoms with van der Waals surface area (Å²) >= 11 is 3.01. The fourth-order valence-corrected chi connectivity index (χ4v) is 7.54. The van der Waals surface area contributed by atoms with E-state index in [0.717, 1.165) is 49.9 Å². The Balaban J connectivity index is 1.14. The number of ether oxygens (including phenoxy) is 1. The Morgan fingerprint density at radius 1 is 1.05 bits per heavy atom. The van der Waals surface area contributed by atoms with Gasteiger partial charge in [0.1, 0.15) is 12.6 Å². The monoisotopic (exact) mass is 591 g/mol. The Labute approximate surface area is 247 Å². The van der Waals surface area contributed by atoms with Crippen LogP contribution < -0.4 is 10.6 Å². The Bertz CT molecular complexity index is 1400. The molecule has 3 aliphatic rings. The number of thioether (sulfide) groups is 1. The Morgan fingerprint density at radius 3 is 2.49 bits per heavy atom. The summed E-state index contributed by atoms with van der Waals surface area (Å²) in [6, 6.07) is 16.5. The lowest BCUT2D eigenvalue weighted by Crippen LogP contribution is -2.57. The van der Waals surface area contributed by atoms with Crippen molar-refractivity contribution in [2.75, 3.05) is 31.2 Å². The van der Waals surface area contributed by atoms with Gasteiger partial charge in [0.2, 0.25) is 5.91 Å². The molecule has 2 N–H and O–H groups in total. The number of hydrogen-bond donors (Lipinski definition) is 2. The van der Waals surface area contributed by atoms with Gasteiger partial charge in [-0.1, -0.05) is 42.5 Å². The van der Waals surface area contributed by atoms with E-state index in [9.17, 15) is 14.4 Å². The fourth-order valence-electron chi connectivity index (χ4n) is 5.23. The largest absolute Gasteiger partial charge is 0.444 e. The number of anilines is 1. The summed E-state index contributed by atoms with van der Waals surface area (Å²) < 4.78 is 5.75. The quantitative estimate of drug-likeness (QED) is 0.406. The third kappa shape index (κ3) is 6.27. The molecule has 41 heavy (non-hydrogen) atoms. The van der Waals surface area contributed by atoms with E-state index in [2.05, 4.69) is 27.6 Å². The third-order valence-electron chi connectivity index (χ3n) is 7.82. The predicted molar refractivity (Wildman–Crippen MR) is 161 cm³/mol. The average molecular weight is 592 g/mol. The van der Waals surface area contributed by atoms with Gasteiger partial charge in [-0.3, -0.25) is 14.5 Å². The van der Waals surface area contributed by atoms with Gasteiger partial charge in [0.15, 0.2) is 5.13 Å². The van der Waals surface area contributed by atoms with Crippen LogP contribution in [0.15, 0.2) is 60.0 Å². The van der Waals surface area contributed by atoms with E-state index >= 15 is 0 Å². The van der Waals surface area contributed by atoms with Crippen LogP contribution in [0.2, 0.25) is 0 Å².